The van der Waals surface area contributed by atoms with Crippen LogP contribution < -0.4 is 5.32 Å². The van der Waals surface area contributed by atoms with Crippen LogP contribution in [0.15, 0.2) is 30.3 Å². The summed E-state index contributed by atoms with van der Waals surface area (Å²) in [5.41, 5.74) is 2.24. The number of nitrogens with zero attached hydrogens (tertiary/aromatic N) is 1. The molecule has 1 aromatic heterocycles. The van der Waals surface area contributed by atoms with E-state index in [9.17, 15) is 4.79 Å². The van der Waals surface area contributed by atoms with Gasteiger partial charge in [-0.3, -0.25) is 9.69 Å². The van der Waals surface area contributed by atoms with Crippen molar-refractivity contribution in [2.24, 2.45) is 0 Å². The van der Waals surface area contributed by atoms with E-state index in [4.69, 9.17) is 16.3 Å². The molecule has 1 fully saturated rings. The third-order valence-electron chi connectivity index (χ3n) is 4.77. The van der Waals surface area contributed by atoms with Crippen molar-refractivity contribution in [3.63, 3.8) is 0 Å². The van der Waals surface area contributed by atoms with Crippen molar-refractivity contribution in [2.75, 3.05) is 32.8 Å². The van der Waals surface area contributed by atoms with Crippen LogP contribution in [0.5, 0.6) is 0 Å². The van der Waals surface area contributed by atoms with Crippen molar-refractivity contribution in [1.29, 1.82) is 0 Å². The van der Waals surface area contributed by atoms with Gasteiger partial charge in [0.15, 0.2) is 0 Å². The normalized spacial score (nSPS) is 16.4. The van der Waals surface area contributed by atoms with Crippen LogP contribution in [0.1, 0.15) is 38.6 Å². The number of morpholine rings is 1. The quantitative estimate of drug-likeness (QED) is 0.805. The number of carbonyl (C=O) groups is 1. The zero-order valence-electron chi connectivity index (χ0n) is 15.3. The number of hydrogen-bond acceptors (Lipinski definition) is 4. The van der Waals surface area contributed by atoms with E-state index in [1.54, 1.807) is 11.3 Å². The van der Waals surface area contributed by atoms with Crippen LogP contribution in [0, 0.1) is 6.92 Å². The van der Waals surface area contributed by atoms with E-state index in [2.05, 4.69) is 24.1 Å². The SMILES string of the molecule is CCc1sc(C(=O)NCC(c2ccccc2Cl)N2CCOCC2)cc1C. The molecule has 1 unspecified atom stereocenters. The van der Waals surface area contributed by atoms with Crippen molar-refractivity contribution in [1.82, 2.24) is 10.2 Å². The van der Waals surface area contributed by atoms with Crippen LogP contribution in [0.25, 0.3) is 0 Å². The average molecular weight is 393 g/mol. The molecule has 0 radical (unpaired) electrons. The van der Waals surface area contributed by atoms with E-state index in [-0.39, 0.29) is 11.9 Å². The summed E-state index contributed by atoms with van der Waals surface area (Å²) in [4.78, 5) is 17.0. The fourth-order valence-electron chi connectivity index (χ4n) is 3.33. The molecule has 0 saturated carbocycles. The molecule has 2 heterocycles. The maximum absolute atomic E-state index is 12.7. The summed E-state index contributed by atoms with van der Waals surface area (Å²) in [6.07, 6.45) is 0.958. The summed E-state index contributed by atoms with van der Waals surface area (Å²) in [7, 11) is 0. The van der Waals surface area contributed by atoms with Gasteiger partial charge in [0.1, 0.15) is 0 Å². The predicted molar refractivity (Wildman–Crippen MR) is 107 cm³/mol. The van der Waals surface area contributed by atoms with Gasteiger partial charge in [-0.1, -0.05) is 36.7 Å². The molecule has 3 rings (SSSR count). The van der Waals surface area contributed by atoms with Crippen LogP contribution >= 0.6 is 22.9 Å². The number of ether oxygens (including phenoxy) is 1. The molecule has 26 heavy (non-hydrogen) atoms. The highest BCUT2D eigenvalue weighted by atomic mass is 35.5. The topological polar surface area (TPSA) is 41.6 Å². The number of carbonyl (C=O) groups excluding carboxylic acids is 1. The molecule has 1 atom stereocenters. The van der Waals surface area contributed by atoms with E-state index in [0.717, 1.165) is 35.0 Å². The van der Waals surface area contributed by atoms with E-state index >= 15 is 0 Å². The molecule has 1 aromatic carbocycles. The highest BCUT2D eigenvalue weighted by molar-refractivity contribution is 7.14. The second kappa shape index (κ2) is 9.00. The van der Waals surface area contributed by atoms with Gasteiger partial charge in [0.2, 0.25) is 0 Å². The van der Waals surface area contributed by atoms with E-state index in [0.29, 0.717) is 19.8 Å². The van der Waals surface area contributed by atoms with Gasteiger partial charge < -0.3 is 10.1 Å². The number of thiophene rings is 1. The summed E-state index contributed by atoms with van der Waals surface area (Å²) in [5.74, 6) is -0.0110. The van der Waals surface area contributed by atoms with Crippen LogP contribution in [0.3, 0.4) is 0 Å². The number of hydrogen-bond donors (Lipinski definition) is 1. The lowest BCUT2D eigenvalue weighted by Gasteiger charge is -2.35. The Labute approximate surface area is 164 Å². The minimum absolute atomic E-state index is 0.0110. The van der Waals surface area contributed by atoms with Crippen LogP contribution in [-0.4, -0.2) is 43.7 Å². The Hall–Kier alpha value is -1.40. The van der Waals surface area contributed by atoms with Gasteiger partial charge in [0.05, 0.1) is 24.1 Å². The molecule has 2 aromatic rings. The maximum Gasteiger partial charge on any atom is 0.261 e. The number of rotatable bonds is 6. The Kier molecular flexibility index (Phi) is 6.70. The number of aryl methyl sites for hydroxylation is 2. The van der Waals surface area contributed by atoms with Crippen molar-refractivity contribution < 1.29 is 9.53 Å². The molecule has 1 amide bonds. The molecule has 6 heteroatoms. The first-order valence-corrected chi connectivity index (χ1v) is 10.2. The number of benzene rings is 1. The molecule has 140 valence electrons. The second-order valence-corrected chi connectivity index (χ2v) is 8.01. The summed E-state index contributed by atoms with van der Waals surface area (Å²) in [6, 6.07) is 9.90. The van der Waals surface area contributed by atoms with Crippen LogP contribution in [0.4, 0.5) is 0 Å². The Balaban J connectivity index is 1.75. The number of nitrogens with one attached hydrogen (secondary N) is 1. The minimum Gasteiger partial charge on any atom is -0.379 e. The highest BCUT2D eigenvalue weighted by Gasteiger charge is 2.25. The van der Waals surface area contributed by atoms with E-state index < -0.39 is 0 Å². The molecule has 0 aliphatic carbocycles. The Bertz CT molecular complexity index is 756. The summed E-state index contributed by atoms with van der Waals surface area (Å²) in [6.45, 7) is 7.80. The molecule has 1 aliphatic rings. The molecule has 4 nitrogen and oxygen atoms in total. The van der Waals surface area contributed by atoms with Gasteiger partial charge in [-0.25, -0.2) is 0 Å². The number of halogens is 1. The van der Waals surface area contributed by atoms with Gasteiger partial charge in [0.25, 0.3) is 5.91 Å². The van der Waals surface area contributed by atoms with Gasteiger partial charge in [0, 0.05) is 29.5 Å². The fourth-order valence-corrected chi connectivity index (χ4v) is 4.62. The van der Waals surface area contributed by atoms with Gasteiger partial charge >= 0.3 is 0 Å². The maximum atomic E-state index is 12.7. The first kappa shape index (κ1) is 19.4. The molecule has 1 saturated heterocycles. The molecule has 0 bridgehead atoms. The monoisotopic (exact) mass is 392 g/mol. The van der Waals surface area contributed by atoms with E-state index in [1.807, 2.05) is 30.3 Å². The van der Waals surface area contributed by atoms with Gasteiger partial charge in [-0.15, -0.1) is 11.3 Å². The molecule has 1 N–H and O–H groups in total. The fraction of sp³-hybridized carbons (Fsp3) is 0.450. The third kappa shape index (κ3) is 4.46. The Morgan fingerprint density at radius 1 is 1.35 bits per heavy atom. The van der Waals surface area contributed by atoms with Crippen LogP contribution in [0.2, 0.25) is 5.02 Å². The lowest BCUT2D eigenvalue weighted by molar-refractivity contribution is 0.0162. The average Bonchev–Trinajstić information content (AvgIpc) is 3.05. The first-order valence-electron chi connectivity index (χ1n) is 9.04. The largest absolute Gasteiger partial charge is 0.379 e. The van der Waals surface area contributed by atoms with Crippen molar-refractivity contribution in [3.05, 3.63) is 56.2 Å². The number of amides is 1. The van der Waals surface area contributed by atoms with Gasteiger partial charge in [-0.05, 0) is 36.6 Å². The second-order valence-electron chi connectivity index (χ2n) is 6.47. The van der Waals surface area contributed by atoms with Crippen LogP contribution in [-0.2, 0) is 11.2 Å². The molecular formula is C20H25ClN2O2S. The smallest absolute Gasteiger partial charge is 0.261 e. The Morgan fingerprint density at radius 2 is 2.08 bits per heavy atom. The zero-order chi connectivity index (χ0) is 18.5. The lowest BCUT2D eigenvalue weighted by atomic mass is 10.0. The minimum atomic E-state index is -0.0110. The third-order valence-corrected chi connectivity index (χ3v) is 6.50. The van der Waals surface area contributed by atoms with Crippen molar-refractivity contribution >= 4 is 28.8 Å². The highest BCUT2D eigenvalue weighted by Crippen LogP contribution is 2.28. The van der Waals surface area contributed by atoms with Crippen molar-refractivity contribution in [3.8, 4) is 0 Å². The molecule has 1 aliphatic heterocycles. The lowest BCUT2D eigenvalue weighted by Crippen LogP contribution is -2.43. The zero-order valence-corrected chi connectivity index (χ0v) is 16.8. The first-order chi connectivity index (χ1) is 12.6. The summed E-state index contributed by atoms with van der Waals surface area (Å²) >= 11 is 8.03. The van der Waals surface area contributed by atoms with E-state index in [1.165, 1.54) is 10.4 Å². The Morgan fingerprint density at radius 3 is 2.73 bits per heavy atom. The molecular weight excluding hydrogens is 368 g/mol. The van der Waals surface area contributed by atoms with Crippen molar-refractivity contribution in [2.45, 2.75) is 26.3 Å². The summed E-state index contributed by atoms with van der Waals surface area (Å²) < 4.78 is 5.48. The molecule has 0 spiro atoms. The predicted octanol–water partition coefficient (Wildman–Crippen LogP) is 4.08. The standard InChI is InChI=1S/C20H25ClN2O2S/c1-3-18-14(2)12-19(26-18)20(24)22-13-17(23-8-10-25-11-9-23)15-6-4-5-7-16(15)21/h4-7,12,17H,3,8-11,13H2,1-2H3,(H,22,24). The van der Waals surface area contributed by atoms with Gasteiger partial charge in [-0.2, -0.15) is 0 Å². The summed E-state index contributed by atoms with van der Waals surface area (Å²) in [5, 5.41) is 3.85.